The Morgan fingerprint density at radius 3 is 2.82 bits per heavy atom. The molecule has 102 valence electrons. The molecule has 0 aromatic heterocycles. The van der Waals surface area contributed by atoms with Crippen LogP contribution in [0.25, 0.3) is 0 Å². The molecule has 4 N–H and O–H groups in total. The minimum Gasteiger partial charge on any atom is -0.329 e. The SMILES string of the molecule is C[C@H](CN)NCCCCNN1CN(F)SC1Br. The van der Waals surface area contributed by atoms with Crippen molar-refractivity contribution in [2.45, 2.75) is 30.1 Å². The number of halogens is 2. The normalized spacial score (nSPS) is 24.4. The van der Waals surface area contributed by atoms with Gasteiger partial charge in [0.05, 0.1) is 0 Å². The lowest BCUT2D eigenvalue weighted by Crippen LogP contribution is -2.40. The fourth-order valence-corrected chi connectivity index (χ4v) is 2.85. The van der Waals surface area contributed by atoms with Gasteiger partial charge in [0.1, 0.15) is 11.0 Å². The van der Waals surface area contributed by atoms with Crippen LogP contribution in [0.1, 0.15) is 19.8 Å². The molecule has 17 heavy (non-hydrogen) atoms. The minimum absolute atomic E-state index is 0.0251. The number of nitrogens with zero attached hydrogens (tertiary/aromatic N) is 2. The minimum atomic E-state index is -0.0251. The van der Waals surface area contributed by atoms with E-state index in [0.29, 0.717) is 17.1 Å². The Balaban J connectivity index is 1.94. The van der Waals surface area contributed by atoms with Crippen LogP contribution in [0.15, 0.2) is 0 Å². The molecule has 0 aliphatic carbocycles. The van der Waals surface area contributed by atoms with Crippen molar-refractivity contribution >= 4 is 27.9 Å². The summed E-state index contributed by atoms with van der Waals surface area (Å²) in [5.74, 6) is 0. The smallest absolute Gasteiger partial charge is 0.143 e. The summed E-state index contributed by atoms with van der Waals surface area (Å²) in [4.78, 5) is 0. The number of rotatable bonds is 8. The molecule has 0 amide bonds. The first-order valence-corrected chi connectivity index (χ1v) is 7.56. The summed E-state index contributed by atoms with van der Waals surface area (Å²) in [7, 11) is 0. The number of nitrogens with one attached hydrogen (secondary N) is 2. The molecule has 8 heteroatoms. The van der Waals surface area contributed by atoms with Gasteiger partial charge in [-0.15, -0.1) is 4.48 Å². The van der Waals surface area contributed by atoms with Crippen molar-refractivity contribution in [2.24, 2.45) is 5.73 Å². The molecule has 1 rings (SSSR count). The lowest BCUT2D eigenvalue weighted by Gasteiger charge is -2.18. The lowest BCUT2D eigenvalue weighted by molar-refractivity contribution is 0.0769. The van der Waals surface area contributed by atoms with Gasteiger partial charge in [-0.05, 0) is 38.3 Å². The summed E-state index contributed by atoms with van der Waals surface area (Å²) in [5.41, 5.74) is 8.69. The number of hydrogen-bond donors (Lipinski definition) is 3. The molecule has 0 bridgehead atoms. The van der Waals surface area contributed by atoms with E-state index in [1.54, 1.807) is 0 Å². The van der Waals surface area contributed by atoms with Gasteiger partial charge in [-0.1, -0.05) is 20.5 Å². The van der Waals surface area contributed by atoms with Crippen LogP contribution in [0.5, 0.6) is 0 Å². The third-order valence-electron chi connectivity index (χ3n) is 2.47. The molecule has 1 fully saturated rings. The second kappa shape index (κ2) is 8.63. The molecule has 5 nitrogen and oxygen atoms in total. The Labute approximate surface area is 115 Å². The van der Waals surface area contributed by atoms with Crippen molar-refractivity contribution in [1.82, 2.24) is 20.3 Å². The highest BCUT2D eigenvalue weighted by Crippen LogP contribution is 2.31. The van der Waals surface area contributed by atoms with Gasteiger partial charge in [0.2, 0.25) is 0 Å². The molecule has 1 aliphatic rings. The van der Waals surface area contributed by atoms with Gasteiger partial charge in [-0.3, -0.25) is 5.43 Å². The Hall–Kier alpha value is 0.560. The van der Waals surface area contributed by atoms with Crippen molar-refractivity contribution in [3.8, 4) is 0 Å². The van der Waals surface area contributed by atoms with E-state index in [1.807, 2.05) is 5.01 Å². The average molecular weight is 330 g/mol. The summed E-state index contributed by atoms with van der Waals surface area (Å²) in [6, 6.07) is 0.380. The Morgan fingerprint density at radius 2 is 2.24 bits per heavy atom. The third-order valence-corrected chi connectivity index (χ3v) is 4.24. The van der Waals surface area contributed by atoms with E-state index >= 15 is 0 Å². The van der Waals surface area contributed by atoms with Gasteiger partial charge >= 0.3 is 0 Å². The van der Waals surface area contributed by atoms with E-state index in [1.165, 1.54) is 0 Å². The van der Waals surface area contributed by atoms with Gasteiger partial charge < -0.3 is 11.1 Å². The fraction of sp³-hybridized carbons (Fsp3) is 1.00. The van der Waals surface area contributed by atoms with Crippen LogP contribution < -0.4 is 16.5 Å². The molecule has 0 aromatic rings. The lowest BCUT2D eigenvalue weighted by atomic mass is 10.3. The van der Waals surface area contributed by atoms with Gasteiger partial charge in [-0.25, -0.2) is 5.01 Å². The standard InChI is InChI=1S/C9H21BrFN5S/c1-8(6-12)13-4-2-3-5-14-15-7-16(11)17-9(15)10/h8-9,13-14H,2-7,12H2,1H3/t8-,9?/m1/s1. The van der Waals surface area contributed by atoms with E-state index in [4.69, 9.17) is 5.73 Å². The summed E-state index contributed by atoms with van der Waals surface area (Å²) < 4.78 is 13.5. The van der Waals surface area contributed by atoms with Crippen molar-refractivity contribution in [3.05, 3.63) is 0 Å². The summed E-state index contributed by atoms with van der Waals surface area (Å²) in [5, 5.41) is 5.16. The molecule has 1 saturated heterocycles. The van der Waals surface area contributed by atoms with E-state index < -0.39 is 0 Å². The molecule has 0 spiro atoms. The summed E-state index contributed by atoms with van der Waals surface area (Å²) >= 11 is 4.50. The van der Waals surface area contributed by atoms with Crippen LogP contribution in [0.2, 0.25) is 0 Å². The predicted octanol–water partition coefficient (Wildman–Crippen LogP) is 0.994. The van der Waals surface area contributed by atoms with Crippen LogP contribution in [-0.2, 0) is 0 Å². The van der Waals surface area contributed by atoms with Crippen LogP contribution in [0, 0.1) is 0 Å². The zero-order chi connectivity index (χ0) is 12.7. The predicted molar refractivity (Wildman–Crippen MR) is 73.7 cm³/mol. The van der Waals surface area contributed by atoms with Crippen molar-refractivity contribution in [3.63, 3.8) is 0 Å². The highest BCUT2D eigenvalue weighted by molar-refractivity contribution is 9.11. The third kappa shape index (κ3) is 6.32. The largest absolute Gasteiger partial charge is 0.329 e. The first kappa shape index (κ1) is 15.6. The van der Waals surface area contributed by atoms with Crippen LogP contribution in [0.4, 0.5) is 4.48 Å². The molecule has 2 atom stereocenters. The molecular formula is C9H21BrFN5S. The van der Waals surface area contributed by atoms with Crippen LogP contribution >= 0.6 is 27.9 Å². The maximum absolute atomic E-state index is 12.8. The monoisotopic (exact) mass is 329 g/mol. The first-order valence-electron chi connectivity index (χ1n) is 5.81. The number of hydrogen-bond acceptors (Lipinski definition) is 6. The van der Waals surface area contributed by atoms with Gasteiger partial charge in [0.15, 0.2) is 0 Å². The molecule has 1 heterocycles. The van der Waals surface area contributed by atoms with Crippen LogP contribution in [0.3, 0.4) is 0 Å². The summed E-state index contributed by atoms with van der Waals surface area (Å²) in [6.07, 6.45) is 2.14. The Bertz CT molecular complexity index is 214. The van der Waals surface area contributed by atoms with Gasteiger partial charge in [-0.2, -0.15) is 0 Å². The first-order chi connectivity index (χ1) is 8.13. The number of alkyl halides is 1. The van der Waals surface area contributed by atoms with Crippen molar-refractivity contribution < 1.29 is 4.48 Å². The number of unbranched alkanes of at least 4 members (excludes halogenated alkanes) is 1. The quantitative estimate of drug-likeness (QED) is 0.203. The van der Waals surface area contributed by atoms with E-state index in [-0.39, 0.29) is 11.0 Å². The van der Waals surface area contributed by atoms with E-state index in [9.17, 15) is 4.48 Å². The fourth-order valence-electron chi connectivity index (χ4n) is 1.39. The Kier molecular flexibility index (Phi) is 7.92. The number of hydrazine groups is 1. The number of nitrogens with two attached hydrogens (primary N) is 1. The Morgan fingerprint density at radius 1 is 1.53 bits per heavy atom. The maximum Gasteiger partial charge on any atom is 0.143 e. The van der Waals surface area contributed by atoms with E-state index in [0.717, 1.165) is 37.9 Å². The summed E-state index contributed by atoms with van der Waals surface area (Å²) in [6.45, 7) is 4.85. The molecule has 0 radical (unpaired) electrons. The van der Waals surface area contributed by atoms with Crippen molar-refractivity contribution in [2.75, 3.05) is 26.3 Å². The zero-order valence-corrected chi connectivity index (χ0v) is 12.4. The van der Waals surface area contributed by atoms with Gasteiger partial charge in [0, 0.05) is 19.1 Å². The molecule has 0 saturated carbocycles. The molecule has 0 aromatic carbocycles. The molecular weight excluding hydrogens is 309 g/mol. The second-order valence-electron chi connectivity index (χ2n) is 4.03. The zero-order valence-electron chi connectivity index (χ0n) is 10.0. The van der Waals surface area contributed by atoms with Crippen molar-refractivity contribution in [1.29, 1.82) is 0 Å². The van der Waals surface area contributed by atoms with E-state index in [2.05, 4.69) is 33.6 Å². The molecule has 1 aliphatic heterocycles. The average Bonchev–Trinajstić information content (AvgIpc) is 2.62. The topological polar surface area (TPSA) is 56.6 Å². The highest BCUT2D eigenvalue weighted by atomic mass is 79.9. The maximum atomic E-state index is 12.8. The highest BCUT2D eigenvalue weighted by Gasteiger charge is 2.29. The second-order valence-corrected chi connectivity index (χ2v) is 6.56. The van der Waals surface area contributed by atoms with Gasteiger partial charge in [0.25, 0.3) is 0 Å². The van der Waals surface area contributed by atoms with Crippen LogP contribution in [-0.4, -0.2) is 46.2 Å². The molecule has 1 unspecified atom stereocenters.